The Hall–Kier alpha value is -7.27. The van der Waals surface area contributed by atoms with E-state index in [1.807, 2.05) is 29.7 Å². The summed E-state index contributed by atoms with van der Waals surface area (Å²) >= 11 is 1.88. The first-order valence-corrected chi connectivity index (χ1v) is 21.4. The second-order valence-electron chi connectivity index (χ2n) is 16.7. The summed E-state index contributed by atoms with van der Waals surface area (Å²) in [6.45, 7) is 4.74. The van der Waals surface area contributed by atoms with Crippen molar-refractivity contribution in [1.82, 2.24) is 4.98 Å². The zero-order valence-corrected chi connectivity index (χ0v) is 33.8. The molecule has 1 aliphatic carbocycles. The zero-order valence-electron chi connectivity index (χ0n) is 33.0. The maximum atomic E-state index is 6.95. The number of rotatable bonds is 4. The second-order valence-corrected chi connectivity index (χ2v) is 17.7. The molecule has 9 aromatic carbocycles. The average molecular weight is 785 g/mol. The summed E-state index contributed by atoms with van der Waals surface area (Å²) in [5, 5.41) is 12.4. The quantitative estimate of drug-likeness (QED) is 0.166. The van der Waals surface area contributed by atoms with Crippen LogP contribution in [-0.2, 0) is 5.41 Å². The van der Waals surface area contributed by atoms with E-state index in [0.717, 1.165) is 50.3 Å². The van der Waals surface area contributed by atoms with Crippen molar-refractivity contribution in [2.24, 2.45) is 0 Å². The first-order chi connectivity index (χ1) is 29.5. The topological polar surface area (TPSA) is 29.3 Å². The van der Waals surface area contributed by atoms with Crippen LogP contribution in [0.2, 0.25) is 0 Å². The van der Waals surface area contributed by atoms with E-state index in [1.165, 1.54) is 74.7 Å². The van der Waals surface area contributed by atoms with Gasteiger partial charge in [0.1, 0.15) is 5.58 Å². The highest BCUT2D eigenvalue weighted by molar-refractivity contribution is 7.25. The molecule has 0 amide bonds. The van der Waals surface area contributed by atoms with Crippen LogP contribution in [0.3, 0.4) is 0 Å². The summed E-state index contributed by atoms with van der Waals surface area (Å²) in [5.74, 6) is 0. The van der Waals surface area contributed by atoms with Gasteiger partial charge in [-0.3, -0.25) is 4.98 Å². The Balaban J connectivity index is 1.10. The number of fused-ring (bicyclic) bond motifs is 15. The molecule has 0 atom stereocenters. The highest BCUT2D eigenvalue weighted by atomic mass is 32.1. The molecular formula is C56H36N2OS. The molecule has 0 N–H and O–H groups in total. The summed E-state index contributed by atoms with van der Waals surface area (Å²) < 4.78 is 9.59. The number of hydrogen-bond acceptors (Lipinski definition) is 4. The van der Waals surface area contributed by atoms with Gasteiger partial charge in [-0.15, -0.1) is 11.3 Å². The zero-order chi connectivity index (χ0) is 39.7. The van der Waals surface area contributed by atoms with Crippen molar-refractivity contribution >= 4 is 103 Å². The second kappa shape index (κ2) is 12.4. The number of thiophene rings is 1. The maximum absolute atomic E-state index is 6.95. The van der Waals surface area contributed by atoms with Gasteiger partial charge in [0, 0.05) is 53.8 Å². The number of furan rings is 1. The lowest BCUT2D eigenvalue weighted by molar-refractivity contribution is 0.659. The number of nitrogens with zero attached hydrogens (tertiary/aromatic N) is 2. The van der Waals surface area contributed by atoms with Crippen molar-refractivity contribution in [3.05, 3.63) is 193 Å². The van der Waals surface area contributed by atoms with Gasteiger partial charge in [-0.05, 0) is 127 Å². The molecule has 0 radical (unpaired) electrons. The number of aromatic nitrogens is 1. The summed E-state index contributed by atoms with van der Waals surface area (Å²) in [6.07, 6.45) is 1.85. The van der Waals surface area contributed by atoms with E-state index in [0.29, 0.717) is 0 Å². The van der Waals surface area contributed by atoms with Gasteiger partial charge in [0.15, 0.2) is 5.58 Å². The van der Waals surface area contributed by atoms with Crippen LogP contribution in [0.1, 0.15) is 25.0 Å². The predicted molar refractivity (Wildman–Crippen MR) is 255 cm³/mol. The maximum Gasteiger partial charge on any atom is 0.159 e. The van der Waals surface area contributed by atoms with Crippen molar-refractivity contribution in [3.8, 4) is 22.4 Å². The molecule has 0 spiro atoms. The monoisotopic (exact) mass is 784 g/mol. The normalized spacial score (nSPS) is 13.3. The summed E-state index contributed by atoms with van der Waals surface area (Å²) in [4.78, 5) is 7.12. The van der Waals surface area contributed by atoms with Gasteiger partial charge in [0.2, 0.25) is 0 Å². The smallest absolute Gasteiger partial charge is 0.159 e. The molecule has 60 heavy (non-hydrogen) atoms. The standard InChI is InChI=1S/C56H36N2OS/c1-56(2)47-19-7-5-15-38(47)40-17-11-21-49(54(40)56)58(50-22-12-18-41-45-29-33(48-20-9-10-28-57-48)24-27-51(45)59-55(41)50)34-25-26-37-42(30-34)35-13-3-4-14-36(35)43-31-46-39-16-6-8-23-52(39)60-53(46)32-44(37)43/h3-32H,1-2H3. The molecule has 1 aliphatic rings. The van der Waals surface area contributed by atoms with Crippen LogP contribution in [-0.4, -0.2) is 4.98 Å². The molecule has 282 valence electrons. The van der Waals surface area contributed by atoms with Crippen LogP contribution in [0, 0.1) is 0 Å². The molecule has 3 aromatic heterocycles. The molecule has 0 aliphatic heterocycles. The van der Waals surface area contributed by atoms with Crippen LogP contribution in [0.4, 0.5) is 17.1 Å². The summed E-state index contributed by atoms with van der Waals surface area (Å²) in [7, 11) is 0. The first kappa shape index (κ1) is 33.7. The third-order valence-corrected chi connectivity index (χ3v) is 14.2. The molecule has 0 bridgehead atoms. The Kier molecular flexibility index (Phi) is 6.94. The van der Waals surface area contributed by atoms with Crippen molar-refractivity contribution in [3.63, 3.8) is 0 Å². The van der Waals surface area contributed by atoms with Gasteiger partial charge in [0.05, 0.1) is 17.1 Å². The first-order valence-electron chi connectivity index (χ1n) is 20.6. The number of anilines is 3. The fourth-order valence-electron chi connectivity index (χ4n) is 10.4. The highest BCUT2D eigenvalue weighted by Crippen LogP contribution is 2.55. The molecule has 4 heteroatoms. The van der Waals surface area contributed by atoms with Crippen LogP contribution in [0.5, 0.6) is 0 Å². The number of pyridine rings is 1. The highest BCUT2D eigenvalue weighted by Gasteiger charge is 2.39. The lowest BCUT2D eigenvalue weighted by atomic mass is 9.81. The predicted octanol–water partition coefficient (Wildman–Crippen LogP) is 16.3. The molecule has 0 unspecified atom stereocenters. The van der Waals surface area contributed by atoms with E-state index in [4.69, 9.17) is 4.42 Å². The molecule has 3 nitrogen and oxygen atoms in total. The summed E-state index contributed by atoms with van der Waals surface area (Å²) in [5.41, 5.74) is 11.9. The molecule has 12 aromatic rings. The van der Waals surface area contributed by atoms with Crippen LogP contribution in [0.15, 0.2) is 187 Å². The van der Waals surface area contributed by atoms with E-state index in [9.17, 15) is 0 Å². The van der Waals surface area contributed by atoms with Crippen molar-refractivity contribution in [1.29, 1.82) is 0 Å². The van der Waals surface area contributed by atoms with Crippen molar-refractivity contribution in [2.45, 2.75) is 19.3 Å². The van der Waals surface area contributed by atoms with Gasteiger partial charge in [-0.2, -0.15) is 0 Å². The Morgan fingerprint density at radius 1 is 0.483 bits per heavy atom. The molecule has 3 heterocycles. The van der Waals surface area contributed by atoms with Gasteiger partial charge in [-0.1, -0.05) is 117 Å². The number of hydrogen-bond donors (Lipinski definition) is 0. The minimum atomic E-state index is -0.241. The SMILES string of the molecule is CC1(C)c2ccccc2-c2cccc(N(c3ccc4c(c3)c3ccccc3c3cc5c(cc43)sc3ccccc35)c3cccc4c3oc3ccc(-c5ccccn5)cc34)c21. The molecule has 0 saturated heterocycles. The van der Waals surface area contributed by atoms with Gasteiger partial charge >= 0.3 is 0 Å². The Morgan fingerprint density at radius 2 is 1.18 bits per heavy atom. The van der Waals surface area contributed by atoms with Crippen LogP contribution in [0.25, 0.3) is 96.8 Å². The van der Waals surface area contributed by atoms with Crippen LogP contribution >= 0.6 is 11.3 Å². The van der Waals surface area contributed by atoms with E-state index in [1.54, 1.807) is 0 Å². The average Bonchev–Trinajstić information content (AvgIpc) is 3.94. The fraction of sp³-hybridized carbons (Fsp3) is 0.0536. The number of para-hydroxylation sites is 1. The Morgan fingerprint density at radius 3 is 2.05 bits per heavy atom. The van der Waals surface area contributed by atoms with E-state index >= 15 is 0 Å². The lowest BCUT2D eigenvalue weighted by Crippen LogP contribution is -2.20. The molecule has 0 fully saturated rings. The Labute approximate surface area is 350 Å². The van der Waals surface area contributed by atoms with E-state index in [2.05, 4.69) is 188 Å². The largest absolute Gasteiger partial charge is 0.454 e. The molecule has 0 saturated carbocycles. The van der Waals surface area contributed by atoms with Crippen molar-refractivity contribution in [2.75, 3.05) is 4.90 Å². The van der Waals surface area contributed by atoms with E-state index in [-0.39, 0.29) is 5.41 Å². The molecule has 13 rings (SSSR count). The number of benzene rings is 9. The summed E-state index contributed by atoms with van der Waals surface area (Å²) in [6, 6.07) is 64.5. The van der Waals surface area contributed by atoms with Gasteiger partial charge in [0.25, 0.3) is 0 Å². The van der Waals surface area contributed by atoms with Crippen LogP contribution < -0.4 is 4.90 Å². The third-order valence-electron chi connectivity index (χ3n) is 13.1. The van der Waals surface area contributed by atoms with E-state index < -0.39 is 0 Å². The minimum absolute atomic E-state index is 0.241. The fourth-order valence-corrected chi connectivity index (χ4v) is 11.5. The van der Waals surface area contributed by atoms with Gasteiger partial charge in [-0.25, -0.2) is 0 Å². The van der Waals surface area contributed by atoms with Crippen molar-refractivity contribution < 1.29 is 4.42 Å². The van der Waals surface area contributed by atoms with Gasteiger partial charge < -0.3 is 9.32 Å². The minimum Gasteiger partial charge on any atom is -0.454 e. The lowest BCUT2D eigenvalue weighted by Gasteiger charge is -2.32. The molecular weight excluding hydrogens is 749 g/mol. The Bertz CT molecular complexity index is 3760. The third kappa shape index (κ3) is 4.68.